The zero-order valence-electron chi connectivity index (χ0n) is 11.5. The predicted octanol–water partition coefficient (Wildman–Crippen LogP) is 1.77. The van der Waals surface area contributed by atoms with Crippen molar-refractivity contribution in [3.63, 3.8) is 0 Å². The van der Waals surface area contributed by atoms with Gasteiger partial charge in [-0.1, -0.05) is 13.8 Å². The van der Waals surface area contributed by atoms with Gasteiger partial charge in [-0.2, -0.15) is 0 Å². The molecule has 0 heterocycles. The van der Waals surface area contributed by atoms with Crippen LogP contribution < -0.4 is 4.72 Å². The Morgan fingerprint density at radius 1 is 1.47 bits per heavy atom. The minimum atomic E-state index is -3.10. The molecule has 4 unspecified atom stereocenters. The molecule has 0 radical (unpaired) electrons. The monoisotopic (exact) mass is 263 g/mol. The largest absolute Gasteiger partial charge is 0.381 e. The summed E-state index contributed by atoms with van der Waals surface area (Å²) in [5.41, 5.74) is 0.291. The summed E-state index contributed by atoms with van der Waals surface area (Å²) in [5, 5.41) is 0. The minimum Gasteiger partial charge on any atom is -0.381 e. The topological polar surface area (TPSA) is 55.4 Å². The van der Waals surface area contributed by atoms with Crippen molar-refractivity contribution in [2.24, 2.45) is 11.3 Å². The van der Waals surface area contributed by atoms with Crippen molar-refractivity contribution in [1.82, 2.24) is 4.72 Å². The Morgan fingerprint density at radius 3 is 2.35 bits per heavy atom. The van der Waals surface area contributed by atoms with E-state index in [1.54, 1.807) is 7.11 Å². The first-order chi connectivity index (χ1) is 7.69. The third-order valence-corrected chi connectivity index (χ3v) is 4.84. The van der Waals surface area contributed by atoms with Gasteiger partial charge in [-0.3, -0.25) is 0 Å². The first kappa shape index (κ1) is 14.9. The van der Waals surface area contributed by atoms with Crippen LogP contribution in [0.2, 0.25) is 0 Å². The van der Waals surface area contributed by atoms with Gasteiger partial charge in [0.25, 0.3) is 0 Å². The van der Waals surface area contributed by atoms with Crippen LogP contribution in [0.25, 0.3) is 0 Å². The first-order valence-electron chi connectivity index (χ1n) is 6.19. The van der Waals surface area contributed by atoms with Gasteiger partial charge in [0.1, 0.15) is 0 Å². The molecule has 4 atom stereocenters. The maximum absolute atomic E-state index is 11.1. The Hall–Kier alpha value is -0.130. The van der Waals surface area contributed by atoms with Crippen LogP contribution >= 0.6 is 0 Å². The van der Waals surface area contributed by atoms with Crippen molar-refractivity contribution in [2.75, 3.05) is 13.4 Å². The van der Waals surface area contributed by atoms with E-state index in [1.165, 1.54) is 12.7 Å². The number of hydrogen-bond acceptors (Lipinski definition) is 3. The van der Waals surface area contributed by atoms with Crippen LogP contribution in [0.4, 0.5) is 0 Å². The summed E-state index contributed by atoms with van der Waals surface area (Å²) >= 11 is 0. The lowest BCUT2D eigenvalue weighted by molar-refractivity contribution is 0.0320. The van der Waals surface area contributed by atoms with Gasteiger partial charge in [0, 0.05) is 13.2 Å². The van der Waals surface area contributed by atoms with E-state index in [1.807, 2.05) is 6.92 Å². The molecule has 1 aliphatic rings. The average molecular weight is 263 g/mol. The number of rotatable bonds is 7. The van der Waals surface area contributed by atoms with E-state index in [9.17, 15) is 8.42 Å². The number of hydrogen-bond donors (Lipinski definition) is 1. The van der Waals surface area contributed by atoms with Crippen molar-refractivity contribution >= 4 is 10.0 Å². The van der Waals surface area contributed by atoms with Gasteiger partial charge in [-0.25, -0.2) is 13.1 Å². The Labute approximate surface area is 105 Å². The lowest BCUT2D eigenvalue weighted by Crippen LogP contribution is -2.33. The summed E-state index contributed by atoms with van der Waals surface area (Å²) in [5.74, 6) is 0.714. The molecule has 1 saturated carbocycles. The molecule has 1 fully saturated rings. The predicted molar refractivity (Wildman–Crippen MR) is 69.4 cm³/mol. The van der Waals surface area contributed by atoms with E-state index in [0.29, 0.717) is 11.3 Å². The third kappa shape index (κ3) is 4.23. The van der Waals surface area contributed by atoms with Gasteiger partial charge in [0.2, 0.25) is 10.0 Å². The molecule has 1 rings (SSSR count). The van der Waals surface area contributed by atoms with E-state index >= 15 is 0 Å². The van der Waals surface area contributed by atoms with Gasteiger partial charge in [-0.05, 0) is 37.5 Å². The highest BCUT2D eigenvalue weighted by Gasteiger charge is 2.52. The van der Waals surface area contributed by atoms with E-state index < -0.39 is 10.0 Å². The highest BCUT2D eigenvalue weighted by molar-refractivity contribution is 7.88. The fourth-order valence-electron chi connectivity index (χ4n) is 2.59. The summed E-state index contributed by atoms with van der Waals surface area (Å²) in [6, 6.07) is -0.0275. The Kier molecular flexibility index (Phi) is 4.60. The number of sulfonamides is 1. The van der Waals surface area contributed by atoms with Crippen molar-refractivity contribution in [3.8, 4) is 0 Å². The van der Waals surface area contributed by atoms with E-state index in [2.05, 4.69) is 18.6 Å². The SMILES string of the molecule is COC(CCC(C)NS(C)(=O)=O)C1(C)CC1C. The molecule has 4 nitrogen and oxygen atoms in total. The molecule has 5 heteroatoms. The molecule has 0 amide bonds. The first-order valence-corrected chi connectivity index (χ1v) is 8.08. The Morgan fingerprint density at radius 2 is 2.00 bits per heavy atom. The molecule has 17 heavy (non-hydrogen) atoms. The van der Waals surface area contributed by atoms with Crippen molar-refractivity contribution in [2.45, 2.75) is 52.2 Å². The Bertz CT molecular complexity index is 355. The van der Waals surface area contributed by atoms with Crippen LogP contribution in [0.5, 0.6) is 0 Å². The van der Waals surface area contributed by atoms with Gasteiger partial charge in [0.05, 0.1) is 12.4 Å². The number of methoxy groups -OCH3 is 1. The molecule has 0 aromatic rings. The molecule has 0 aromatic heterocycles. The number of ether oxygens (including phenoxy) is 1. The van der Waals surface area contributed by atoms with Gasteiger partial charge in [0.15, 0.2) is 0 Å². The van der Waals surface area contributed by atoms with Crippen LogP contribution in [0.1, 0.15) is 40.0 Å². The third-order valence-electron chi connectivity index (χ3n) is 4.01. The maximum atomic E-state index is 11.1. The molecule has 0 aromatic carbocycles. The highest BCUT2D eigenvalue weighted by atomic mass is 32.2. The van der Waals surface area contributed by atoms with E-state index in [-0.39, 0.29) is 12.1 Å². The maximum Gasteiger partial charge on any atom is 0.208 e. The van der Waals surface area contributed by atoms with Gasteiger partial charge in [-0.15, -0.1) is 0 Å². The molecular weight excluding hydrogens is 238 g/mol. The summed E-state index contributed by atoms with van der Waals surface area (Å²) in [6.07, 6.45) is 4.36. The molecule has 1 aliphatic carbocycles. The van der Waals surface area contributed by atoms with Crippen molar-refractivity contribution in [1.29, 1.82) is 0 Å². The highest BCUT2D eigenvalue weighted by Crippen LogP contribution is 2.56. The Balaban J connectivity index is 2.39. The van der Waals surface area contributed by atoms with Crippen LogP contribution in [-0.4, -0.2) is 33.9 Å². The smallest absolute Gasteiger partial charge is 0.208 e. The van der Waals surface area contributed by atoms with Crippen molar-refractivity contribution < 1.29 is 13.2 Å². The summed E-state index contributed by atoms with van der Waals surface area (Å²) < 4.78 is 30.3. The molecule has 0 saturated heterocycles. The van der Waals surface area contributed by atoms with Crippen molar-refractivity contribution in [3.05, 3.63) is 0 Å². The van der Waals surface area contributed by atoms with E-state index in [4.69, 9.17) is 4.74 Å². The quantitative estimate of drug-likeness (QED) is 0.761. The zero-order valence-corrected chi connectivity index (χ0v) is 12.3. The average Bonchev–Trinajstić information content (AvgIpc) is 2.73. The number of nitrogens with one attached hydrogen (secondary N) is 1. The normalized spacial score (nSPS) is 32.2. The van der Waals surface area contributed by atoms with Crippen LogP contribution in [-0.2, 0) is 14.8 Å². The lowest BCUT2D eigenvalue weighted by atomic mass is 9.93. The second kappa shape index (κ2) is 5.24. The molecule has 102 valence electrons. The standard InChI is InChI=1S/C12H25NO3S/c1-9-8-12(9,3)11(16-4)7-6-10(2)13-17(5,14)15/h9-11,13H,6-8H2,1-5H3. The molecule has 0 aliphatic heterocycles. The molecular formula is C12H25NO3S. The summed E-state index contributed by atoms with van der Waals surface area (Å²) in [7, 11) is -1.35. The minimum absolute atomic E-state index is 0.0275. The molecule has 0 bridgehead atoms. The van der Waals surface area contributed by atoms with Gasteiger partial charge < -0.3 is 4.74 Å². The summed E-state index contributed by atoms with van der Waals surface area (Å²) in [6.45, 7) is 6.39. The molecule has 0 spiro atoms. The fraction of sp³-hybridized carbons (Fsp3) is 1.00. The zero-order chi connectivity index (χ0) is 13.3. The second-order valence-electron chi connectivity index (χ2n) is 5.70. The summed E-state index contributed by atoms with van der Waals surface area (Å²) in [4.78, 5) is 0. The van der Waals surface area contributed by atoms with Crippen LogP contribution in [0.15, 0.2) is 0 Å². The molecule has 1 N–H and O–H groups in total. The van der Waals surface area contributed by atoms with Crippen LogP contribution in [0, 0.1) is 11.3 Å². The van der Waals surface area contributed by atoms with Crippen LogP contribution in [0.3, 0.4) is 0 Å². The van der Waals surface area contributed by atoms with E-state index in [0.717, 1.165) is 12.8 Å². The lowest BCUT2D eigenvalue weighted by Gasteiger charge is -2.24. The second-order valence-corrected chi connectivity index (χ2v) is 7.48. The fourth-order valence-corrected chi connectivity index (χ4v) is 3.44. The van der Waals surface area contributed by atoms with Gasteiger partial charge >= 0.3 is 0 Å².